The molecule has 2 rings (SSSR count). The van der Waals surface area contributed by atoms with Crippen LogP contribution in [0.2, 0.25) is 0 Å². The van der Waals surface area contributed by atoms with Gasteiger partial charge < -0.3 is 16.0 Å². The van der Waals surface area contributed by atoms with Crippen LogP contribution in [0.5, 0.6) is 0 Å². The van der Waals surface area contributed by atoms with Crippen molar-refractivity contribution in [1.82, 2.24) is 15.2 Å². The fourth-order valence-corrected chi connectivity index (χ4v) is 2.84. The largest absolute Gasteiger partial charge is 0.383 e. The quantitative estimate of drug-likeness (QED) is 0.465. The van der Waals surface area contributed by atoms with Gasteiger partial charge in [0.15, 0.2) is 0 Å². The third-order valence-electron chi connectivity index (χ3n) is 4.04. The topological polar surface area (TPSA) is 114 Å². The third kappa shape index (κ3) is 4.88. The van der Waals surface area contributed by atoms with Crippen LogP contribution >= 0.6 is 0 Å². The molecule has 1 saturated heterocycles. The Bertz CT molecular complexity index is 578. The van der Waals surface area contributed by atoms with Gasteiger partial charge in [0.2, 0.25) is 0 Å². The summed E-state index contributed by atoms with van der Waals surface area (Å²) >= 11 is 0. The van der Waals surface area contributed by atoms with Crippen molar-refractivity contribution in [3.63, 3.8) is 0 Å². The number of carbonyl (C=O) groups is 1. The van der Waals surface area contributed by atoms with Gasteiger partial charge in [-0.3, -0.25) is 14.9 Å². The summed E-state index contributed by atoms with van der Waals surface area (Å²) < 4.78 is 0. The van der Waals surface area contributed by atoms with Gasteiger partial charge in [-0.05, 0) is 38.3 Å². The second kappa shape index (κ2) is 7.87. The lowest BCUT2D eigenvalue weighted by Crippen LogP contribution is -2.36. The Morgan fingerprint density at radius 3 is 3.09 bits per heavy atom. The Balaban J connectivity index is 1.80. The van der Waals surface area contributed by atoms with E-state index in [2.05, 4.69) is 22.1 Å². The molecule has 23 heavy (non-hydrogen) atoms. The second-order valence-corrected chi connectivity index (χ2v) is 6.04. The van der Waals surface area contributed by atoms with Crippen LogP contribution in [0.3, 0.4) is 0 Å². The van der Waals surface area contributed by atoms with Crippen LogP contribution in [0.1, 0.15) is 36.5 Å². The van der Waals surface area contributed by atoms with E-state index in [0.717, 1.165) is 44.2 Å². The molecule has 0 spiro atoms. The normalized spacial score (nSPS) is 18.6. The van der Waals surface area contributed by atoms with Crippen LogP contribution in [0.25, 0.3) is 0 Å². The van der Waals surface area contributed by atoms with E-state index in [1.54, 1.807) is 0 Å². The fraction of sp³-hybridized carbons (Fsp3) is 0.600. The standard InChI is InChI=1S/C15H23N5O3/c1-11-4-2-6-19(10-11)7-3-5-17-15(21)13-8-12(20(22)23)9-18-14(13)16/h8-9,11H,2-7,10H2,1H3,(H2,16,18)(H,17,21)/t11-/m0/s1. The lowest BCUT2D eigenvalue weighted by molar-refractivity contribution is -0.385. The van der Waals surface area contributed by atoms with E-state index in [1.165, 1.54) is 12.8 Å². The van der Waals surface area contributed by atoms with Gasteiger partial charge in [0.25, 0.3) is 11.6 Å². The van der Waals surface area contributed by atoms with E-state index in [9.17, 15) is 14.9 Å². The molecule has 126 valence electrons. The first-order valence-electron chi connectivity index (χ1n) is 7.88. The average molecular weight is 321 g/mol. The van der Waals surface area contributed by atoms with Crippen molar-refractivity contribution in [2.24, 2.45) is 5.92 Å². The molecule has 1 aliphatic rings. The first-order chi connectivity index (χ1) is 11.0. The second-order valence-electron chi connectivity index (χ2n) is 6.04. The van der Waals surface area contributed by atoms with Crippen molar-refractivity contribution < 1.29 is 9.72 Å². The van der Waals surface area contributed by atoms with E-state index in [0.29, 0.717) is 6.54 Å². The molecular formula is C15H23N5O3. The molecule has 2 heterocycles. The Kier molecular flexibility index (Phi) is 5.86. The molecular weight excluding hydrogens is 298 g/mol. The average Bonchev–Trinajstić information content (AvgIpc) is 2.51. The van der Waals surface area contributed by atoms with Gasteiger partial charge in [-0.1, -0.05) is 6.92 Å². The molecule has 1 aliphatic heterocycles. The Morgan fingerprint density at radius 2 is 2.39 bits per heavy atom. The number of pyridine rings is 1. The number of aromatic nitrogens is 1. The molecule has 0 saturated carbocycles. The van der Waals surface area contributed by atoms with E-state index in [4.69, 9.17) is 5.73 Å². The monoisotopic (exact) mass is 321 g/mol. The number of nitrogens with two attached hydrogens (primary N) is 1. The predicted molar refractivity (Wildman–Crippen MR) is 87.1 cm³/mol. The number of anilines is 1. The van der Waals surface area contributed by atoms with Crippen molar-refractivity contribution in [2.75, 3.05) is 31.9 Å². The van der Waals surface area contributed by atoms with E-state index < -0.39 is 10.8 Å². The van der Waals surface area contributed by atoms with Crippen molar-refractivity contribution in [1.29, 1.82) is 0 Å². The number of nitrogen functional groups attached to an aromatic ring is 1. The minimum absolute atomic E-state index is 0.00189. The predicted octanol–water partition coefficient (Wildman–Crippen LogP) is 1.42. The molecule has 0 aromatic carbocycles. The summed E-state index contributed by atoms with van der Waals surface area (Å²) in [5.41, 5.74) is 5.43. The van der Waals surface area contributed by atoms with Crippen molar-refractivity contribution >= 4 is 17.4 Å². The van der Waals surface area contributed by atoms with E-state index in [-0.39, 0.29) is 17.1 Å². The molecule has 1 aromatic heterocycles. The number of piperidine rings is 1. The number of nitro groups is 1. The number of likely N-dealkylation sites (tertiary alicyclic amines) is 1. The maximum Gasteiger partial charge on any atom is 0.288 e. The molecule has 0 unspecified atom stereocenters. The number of hydrogen-bond acceptors (Lipinski definition) is 6. The fourth-order valence-electron chi connectivity index (χ4n) is 2.84. The molecule has 8 nitrogen and oxygen atoms in total. The third-order valence-corrected chi connectivity index (χ3v) is 4.04. The van der Waals surface area contributed by atoms with Gasteiger partial charge in [-0.25, -0.2) is 4.98 Å². The highest BCUT2D eigenvalue weighted by atomic mass is 16.6. The summed E-state index contributed by atoms with van der Waals surface area (Å²) in [6.07, 6.45) is 4.39. The number of amides is 1. The Hall–Kier alpha value is -2.22. The summed E-state index contributed by atoms with van der Waals surface area (Å²) in [5.74, 6) is 0.303. The van der Waals surface area contributed by atoms with Crippen molar-refractivity contribution in [2.45, 2.75) is 26.2 Å². The van der Waals surface area contributed by atoms with Crippen LogP contribution < -0.4 is 11.1 Å². The zero-order valence-corrected chi connectivity index (χ0v) is 13.3. The SMILES string of the molecule is C[C@H]1CCCN(CCCNC(=O)c2cc([N+](=O)[O-])cnc2N)C1. The zero-order valence-electron chi connectivity index (χ0n) is 13.3. The number of nitrogens with zero attached hydrogens (tertiary/aromatic N) is 3. The van der Waals surface area contributed by atoms with Crippen LogP contribution in [0.4, 0.5) is 11.5 Å². The number of carbonyl (C=O) groups excluding carboxylic acids is 1. The van der Waals surface area contributed by atoms with Crippen LogP contribution in [0, 0.1) is 16.0 Å². The highest BCUT2D eigenvalue weighted by Crippen LogP contribution is 2.17. The summed E-state index contributed by atoms with van der Waals surface area (Å²) in [6, 6.07) is 1.16. The molecule has 8 heteroatoms. The minimum Gasteiger partial charge on any atom is -0.383 e. The molecule has 1 aromatic rings. The molecule has 1 atom stereocenters. The highest BCUT2D eigenvalue weighted by Gasteiger charge is 2.17. The van der Waals surface area contributed by atoms with Gasteiger partial charge in [0, 0.05) is 19.2 Å². The van der Waals surface area contributed by atoms with Gasteiger partial charge in [-0.2, -0.15) is 0 Å². The minimum atomic E-state index is -0.596. The first-order valence-corrected chi connectivity index (χ1v) is 7.88. The Labute approximate surface area is 135 Å². The highest BCUT2D eigenvalue weighted by molar-refractivity contribution is 5.98. The maximum absolute atomic E-state index is 12.1. The summed E-state index contributed by atoms with van der Waals surface area (Å²) in [4.78, 5) is 28.3. The Morgan fingerprint density at radius 1 is 1.61 bits per heavy atom. The van der Waals surface area contributed by atoms with Crippen LogP contribution in [-0.4, -0.2) is 46.9 Å². The number of nitrogens with one attached hydrogen (secondary N) is 1. The molecule has 1 fully saturated rings. The molecule has 0 radical (unpaired) electrons. The number of hydrogen-bond donors (Lipinski definition) is 2. The maximum atomic E-state index is 12.1. The van der Waals surface area contributed by atoms with Crippen molar-refractivity contribution in [3.05, 3.63) is 27.9 Å². The smallest absolute Gasteiger partial charge is 0.288 e. The molecule has 0 bridgehead atoms. The summed E-state index contributed by atoms with van der Waals surface area (Å²) in [7, 11) is 0. The molecule has 1 amide bonds. The summed E-state index contributed by atoms with van der Waals surface area (Å²) in [6.45, 7) is 5.92. The summed E-state index contributed by atoms with van der Waals surface area (Å²) in [5, 5.41) is 13.5. The first kappa shape index (κ1) is 17.1. The van der Waals surface area contributed by atoms with Gasteiger partial charge >= 0.3 is 0 Å². The number of rotatable bonds is 6. The van der Waals surface area contributed by atoms with Gasteiger partial charge in [0.1, 0.15) is 12.0 Å². The van der Waals surface area contributed by atoms with Crippen molar-refractivity contribution in [3.8, 4) is 0 Å². The van der Waals surface area contributed by atoms with Crippen LogP contribution in [0.15, 0.2) is 12.3 Å². The van der Waals surface area contributed by atoms with Gasteiger partial charge in [-0.15, -0.1) is 0 Å². The van der Waals surface area contributed by atoms with E-state index >= 15 is 0 Å². The zero-order chi connectivity index (χ0) is 16.8. The van der Waals surface area contributed by atoms with Gasteiger partial charge in [0.05, 0.1) is 10.5 Å². The lowest BCUT2D eigenvalue weighted by Gasteiger charge is -2.30. The molecule has 3 N–H and O–H groups in total. The molecule has 0 aliphatic carbocycles. The van der Waals surface area contributed by atoms with E-state index in [1.807, 2.05) is 0 Å². The lowest BCUT2D eigenvalue weighted by atomic mass is 10.0. The van der Waals surface area contributed by atoms with Crippen LogP contribution in [-0.2, 0) is 0 Å².